The van der Waals surface area contributed by atoms with Crippen LogP contribution in [0, 0.1) is 0 Å². The van der Waals surface area contributed by atoms with Crippen molar-refractivity contribution in [1.82, 2.24) is 4.98 Å². The summed E-state index contributed by atoms with van der Waals surface area (Å²) in [6.07, 6.45) is 1.39. The van der Waals surface area contributed by atoms with Gasteiger partial charge in [0.05, 0.1) is 18.9 Å². The van der Waals surface area contributed by atoms with Crippen LogP contribution in [-0.4, -0.2) is 46.2 Å². The van der Waals surface area contributed by atoms with Gasteiger partial charge in [0.15, 0.2) is 0 Å². The number of hydrogen-bond donors (Lipinski definition) is 1. The Labute approximate surface area is 183 Å². The molecule has 0 atom stereocenters. The minimum atomic E-state index is -3.68. The van der Waals surface area contributed by atoms with Crippen molar-refractivity contribution < 1.29 is 13.2 Å². The highest BCUT2D eigenvalue weighted by Gasteiger charge is 2.23. The second-order valence-corrected chi connectivity index (χ2v) is 9.02. The number of aromatic nitrogens is 1. The standard InChI is InChI=1S/C23H26N4O3S/c1-2-27(21-6-4-3-5-7-21)31(28,29)22-12-13-23(24-18-22)25-19-8-10-20(11-9-19)26-14-16-30-17-15-26/h3-13,18H,2,14-17H2,1H3,(H,24,25). The molecule has 0 radical (unpaired) electrons. The Bertz CT molecular complexity index is 1080. The molecule has 1 aliphatic rings. The molecule has 0 amide bonds. The van der Waals surface area contributed by atoms with Gasteiger partial charge in [-0.05, 0) is 55.5 Å². The topological polar surface area (TPSA) is 74.8 Å². The number of nitrogens with zero attached hydrogens (tertiary/aromatic N) is 3. The van der Waals surface area contributed by atoms with E-state index in [-0.39, 0.29) is 4.90 Å². The lowest BCUT2D eigenvalue weighted by Crippen LogP contribution is -2.36. The van der Waals surface area contributed by atoms with Crippen molar-refractivity contribution in [2.75, 3.05) is 47.4 Å². The average molecular weight is 439 g/mol. The van der Waals surface area contributed by atoms with Gasteiger partial charge in [-0.2, -0.15) is 0 Å². The molecule has 0 aliphatic carbocycles. The molecule has 8 heteroatoms. The fourth-order valence-electron chi connectivity index (χ4n) is 3.54. The summed E-state index contributed by atoms with van der Waals surface area (Å²) in [7, 11) is -3.68. The summed E-state index contributed by atoms with van der Waals surface area (Å²) in [6.45, 7) is 5.43. The smallest absolute Gasteiger partial charge is 0.265 e. The quantitative estimate of drug-likeness (QED) is 0.604. The van der Waals surface area contributed by atoms with Crippen LogP contribution in [0.2, 0.25) is 0 Å². The molecule has 0 unspecified atom stereocenters. The van der Waals surface area contributed by atoms with Gasteiger partial charge >= 0.3 is 0 Å². The van der Waals surface area contributed by atoms with Crippen molar-refractivity contribution in [2.45, 2.75) is 11.8 Å². The highest BCUT2D eigenvalue weighted by atomic mass is 32.2. The zero-order valence-corrected chi connectivity index (χ0v) is 18.3. The maximum Gasteiger partial charge on any atom is 0.265 e. The van der Waals surface area contributed by atoms with E-state index in [4.69, 9.17) is 4.74 Å². The van der Waals surface area contributed by atoms with E-state index in [1.54, 1.807) is 24.3 Å². The third kappa shape index (κ3) is 4.81. The molecule has 0 bridgehead atoms. The molecule has 4 rings (SSSR count). The normalized spacial score (nSPS) is 14.3. The summed E-state index contributed by atoms with van der Waals surface area (Å²) >= 11 is 0. The number of para-hydroxylation sites is 1. The minimum absolute atomic E-state index is 0.159. The lowest BCUT2D eigenvalue weighted by atomic mass is 10.2. The van der Waals surface area contributed by atoms with E-state index in [9.17, 15) is 8.42 Å². The summed E-state index contributed by atoms with van der Waals surface area (Å²) < 4.78 is 32.9. The first-order valence-electron chi connectivity index (χ1n) is 10.3. The monoisotopic (exact) mass is 438 g/mol. The molecule has 2 aromatic carbocycles. The number of nitrogens with one attached hydrogen (secondary N) is 1. The molecule has 7 nitrogen and oxygen atoms in total. The van der Waals surface area contributed by atoms with E-state index in [2.05, 4.69) is 27.3 Å². The fourth-order valence-corrected chi connectivity index (χ4v) is 4.96. The molecule has 1 N–H and O–H groups in total. The lowest BCUT2D eigenvalue weighted by molar-refractivity contribution is 0.122. The summed E-state index contributed by atoms with van der Waals surface area (Å²) in [6, 6.07) is 20.4. The van der Waals surface area contributed by atoms with E-state index in [0.717, 1.165) is 37.7 Å². The SMILES string of the molecule is CCN(c1ccccc1)S(=O)(=O)c1ccc(Nc2ccc(N3CCOCC3)cc2)nc1. The Morgan fingerprint density at radius 3 is 2.32 bits per heavy atom. The second-order valence-electron chi connectivity index (χ2n) is 7.16. The molecule has 1 fully saturated rings. The number of sulfonamides is 1. The molecule has 2 heterocycles. The summed E-state index contributed by atoms with van der Waals surface area (Å²) in [5.74, 6) is 0.584. The number of morpholine rings is 1. The molecule has 1 aromatic heterocycles. The summed E-state index contributed by atoms with van der Waals surface area (Å²) in [5.41, 5.74) is 2.68. The van der Waals surface area contributed by atoms with Crippen LogP contribution in [0.1, 0.15) is 6.92 Å². The summed E-state index contributed by atoms with van der Waals surface area (Å²) in [4.78, 5) is 6.77. The van der Waals surface area contributed by atoms with Crippen molar-refractivity contribution in [1.29, 1.82) is 0 Å². The molecule has 0 saturated carbocycles. The van der Waals surface area contributed by atoms with E-state index in [1.165, 1.54) is 10.5 Å². The van der Waals surface area contributed by atoms with E-state index in [1.807, 2.05) is 37.3 Å². The maximum atomic E-state index is 13.1. The third-order valence-corrected chi connectivity index (χ3v) is 7.06. The maximum absolute atomic E-state index is 13.1. The average Bonchev–Trinajstić information content (AvgIpc) is 2.81. The van der Waals surface area contributed by atoms with Gasteiger partial charge in [-0.25, -0.2) is 13.4 Å². The van der Waals surface area contributed by atoms with Crippen molar-refractivity contribution in [3.05, 3.63) is 72.9 Å². The van der Waals surface area contributed by atoms with Crippen molar-refractivity contribution in [2.24, 2.45) is 0 Å². The Kier molecular flexibility index (Phi) is 6.39. The largest absolute Gasteiger partial charge is 0.378 e. The van der Waals surface area contributed by atoms with Gasteiger partial charge in [-0.3, -0.25) is 4.31 Å². The molecule has 0 spiro atoms. The Morgan fingerprint density at radius 1 is 1.00 bits per heavy atom. The first kappa shape index (κ1) is 21.1. The van der Waals surface area contributed by atoms with Gasteiger partial charge in [0.2, 0.25) is 0 Å². The van der Waals surface area contributed by atoms with Gasteiger partial charge in [0, 0.05) is 37.2 Å². The molecule has 1 saturated heterocycles. The summed E-state index contributed by atoms with van der Waals surface area (Å²) in [5, 5.41) is 3.22. The number of pyridine rings is 1. The number of rotatable bonds is 7. The second kappa shape index (κ2) is 9.36. The number of ether oxygens (including phenoxy) is 1. The van der Waals surface area contributed by atoms with Crippen molar-refractivity contribution in [3.8, 4) is 0 Å². The van der Waals surface area contributed by atoms with Gasteiger partial charge in [0.1, 0.15) is 10.7 Å². The van der Waals surface area contributed by atoms with Gasteiger partial charge in [-0.15, -0.1) is 0 Å². The number of benzene rings is 2. The first-order valence-corrected chi connectivity index (χ1v) is 11.8. The van der Waals surface area contributed by atoms with Crippen LogP contribution in [0.25, 0.3) is 0 Å². The van der Waals surface area contributed by atoms with Crippen LogP contribution >= 0.6 is 0 Å². The Morgan fingerprint density at radius 2 is 1.71 bits per heavy atom. The fraction of sp³-hybridized carbons (Fsp3) is 0.261. The van der Waals surface area contributed by atoms with Crippen LogP contribution in [0.3, 0.4) is 0 Å². The van der Waals surface area contributed by atoms with E-state index in [0.29, 0.717) is 18.1 Å². The Balaban J connectivity index is 1.46. The number of anilines is 4. The van der Waals surface area contributed by atoms with Gasteiger partial charge < -0.3 is 15.0 Å². The first-order chi connectivity index (χ1) is 15.1. The Hall–Kier alpha value is -3.10. The highest BCUT2D eigenvalue weighted by Crippen LogP contribution is 2.25. The van der Waals surface area contributed by atoms with E-state index < -0.39 is 10.0 Å². The minimum Gasteiger partial charge on any atom is -0.378 e. The van der Waals surface area contributed by atoms with Crippen LogP contribution in [0.5, 0.6) is 0 Å². The third-order valence-electron chi connectivity index (χ3n) is 5.17. The van der Waals surface area contributed by atoms with Crippen LogP contribution in [0.4, 0.5) is 22.9 Å². The molecule has 31 heavy (non-hydrogen) atoms. The van der Waals surface area contributed by atoms with Crippen LogP contribution in [0.15, 0.2) is 77.8 Å². The van der Waals surface area contributed by atoms with Crippen molar-refractivity contribution >= 4 is 32.9 Å². The molecular formula is C23H26N4O3S. The zero-order valence-electron chi connectivity index (χ0n) is 17.4. The molecule has 3 aromatic rings. The predicted octanol–water partition coefficient (Wildman–Crippen LogP) is 3.88. The van der Waals surface area contributed by atoms with Crippen LogP contribution in [-0.2, 0) is 14.8 Å². The van der Waals surface area contributed by atoms with E-state index >= 15 is 0 Å². The van der Waals surface area contributed by atoms with Gasteiger partial charge in [-0.1, -0.05) is 18.2 Å². The molecular weight excluding hydrogens is 412 g/mol. The van der Waals surface area contributed by atoms with Gasteiger partial charge in [0.25, 0.3) is 10.0 Å². The molecule has 162 valence electrons. The molecule has 1 aliphatic heterocycles. The van der Waals surface area contributed by atoms with Crippen LogP contribution < -0.4 is 14.5 Å². The lowest BCUT2D eigenvalue weighted by Gasteiger charge is -2.28. The zero-order chi connectivity index (χ0) is 21.7. The number of hydrogen-bond acceptors (Lipinski definition) is 6. The highest BCUT2D eigenvalue weighted by molar-refractivity contribution is 7.92. The predicted molar refractivity (Wildman–Crippen MR) is 124 cm³/mol. The van der Waals surface area contributed by atoms with Crippen molar-refractivity contribution in [3.63, 3.8) is 0 Å².